The van der Waals surface area contributed by atoms with Crippen LogP contribution in [0.5, 0.6) is 11.5 Å². The molecule has 1 unspecified atom stereocenters. The Morgan fingerprint density at radius 1 is 1.38 bits per heavy atom. The molecule has 0 aromatic heterocycles. The van der Waals surface area contributed by atoms with Crippen molar-refractivity contribution in [1.29, 1.82) is 0 Å². The first-order valence-electron chi connectivity index (χ1n) is 8.35. The Kier molecular flexibility index (Phi) is 6.63. The Balaban J connectivity index is 2.26. The molecule has 142 valence electrons. The van der Waals surface area contributed by atoms with Gasteiger partial charge in [0.2, 0.25) is 5.91 Å². The van der Waals surface area contributed by atoms with Crippen LogP contribution in [-0.2, 0) is 4.79 Å². The van der Waals surface area contributed by atoms with Gasteiger partial charge in [0, 0.05) is 36.9 Å². The number of alkyl halides is 2. The van der Waals surface area contributed by atoms with Gasteiger partial charge >= 0.3 is 6.61 Å². The number of ether oxygens (including phenoxy) is 2. The molecular formula is C17H22F2N4O3. The summed E-state index contributed by atoms with van der Waals surface area (Å²) < 4.78 is 35.3. The number of amides is 1. The van der Waals surface area contributed by atoms with Crippen molar-refractivity contribution in [2.24, 2.45) is 5.11 Å². The van der Waals surface area contributed by atoms with E-state index in [0.717, 1.165) is 5.56 Å². The van der Waals surface area contributed by atoms with E-state index in [4.69, 9.17) is 10.3 Å². The summed E-state index contributed by atoms with van der Waals surface area (Å²) in [6.45, 7) is 2.79. The van der Waals surface area contributed by atoms with Crippen molar-refractivity contribution in [3.05, 3.63) is 34.2 Å². The van der Waals surface area contributed by atoms with Gasteiger partial charge in [-0.25, -0.2) is 0 Å². The fourth-order valence-corrected chi connectivity index (χ4v) is 3.17. The van der Waals surface area contributed by atoms with Crippen LogP contribution >= 0.6 is 0 Å². The first kappa shape index (κ1) is 19.8. The molecule has 0 spiro atoms. The second-order valence-corrected chi connectivity index (χ2v) is 6.42. The third kappa shape index (κ3) is 4.98. The summed E-state index contributed by atoms with van der Waals surface area (Å²) in [5, 5.41) is 3.58. The highest BCUT2D eigenvalue weighted by Gasteiger charge is 2.34. The van der Waals surface area contributed by atoms with Gasteiger partial charge in [-0.05, 0) is 43.5 Å². The molecule has 1 aromatic carbocycles. The zero-order valence-electron chi connectivity index (χ0n) is 14.9. The van der Waals surface area contributed by atoms with Gasteiger partial charge in [0.05, 0.1) is 6.10 Å². The summed E-state index contributed by atoms with van der Waals surface area (Å²) in [5.74, 6) is 0.116. The first-order valence-corrected chi connectivity index (χ1v) is 8.35. The summed E-state index contributed by atoms with van der Waals surface area (Å²) in [6.07, 6.45) is 0.412. The average Bonchev–Trinajstić information content (AvgIpc) is 2.98. The lowest BCUT2D eigenvalue weighted by atomic mass is 9.96. The minimum absolute atomic E-state index is 0.00657. The summed E-state index contributed by atoms with van der Waals surface area (Å²) in [5.41, 5.74) is 9.38. The Morgan fingerprint density at radius 3 is 2.69 bits per heavy atom. The molecule has 1 fully saturated rings. The van der Waals surface area contributed by atoms with Crippen LogP contribution in [0.1, 0.15) is 38.7 Å². The van der Waals surface area contributed by atoms with Crippen LogP contribution in [0.3, 0.4) is 0 Å². The predicted octanol–water partition coefficient (Wildman–Crippen LogP) is 4.09. The molecule has 9 heteroatoms. The number of halogens is 2. The van der Waals surface area contributed by atoms with E-state index in [1.54, 1.807) is 30.9 Å². The van der Waals surface area contributed by atoms with Gasteiger partial charge in [-0.3, -0.25) is 4.79 Å². The van der Waals surface area contributed by atoms with E-state index in [1.807, 2.05) is 0 Å². The number of likely N-dealkylation sites (tertiary alicyclic amines) is 1. The zero-order valence-corrected chi connectivity index (χ0v) is 14.9. The van der Waals surface area contributed by atoms with E-state index in [9.17, 15) is 13.6 Å². The molecule has 26 heavy (non-hydrogen) atoms. The largest absolute Gasteiger partial charge is 0.487 e. The number of azide groups is 1. The van der Waals surface area contributed by atoms with Gasteiger partial charge in [-0.15, -0.1) is 0 Å². The summed E-state index contributed by atoms with van der Waals surface area (Å²) in [6, 6.07) is 4.65. The van der Waals surface area contributed by atoms with Gasteiger partial charge in [-0.2, -0.15) is 8.78 Å². The van der Waals surface area contributed by atoms with E-state index >= 15 is 0 Å². The SMILES string of the molecule is CC(=O)N1CC(c2ccc(OC(F)F)c(OC(C)C)c2)C[C@@H]1CN=[N+]=[N-]. The summed E-state index contributed by atoms with van der Waals surface area (Å²) in [4.78, 5) is 16.3. The smallest absolute Gasteiger partial charge is 0.387 e. The van der Waals surface area contributed by atoms with E-state index in [-0.39, 0.29) is 42.0 Å². The second-order valence-electron chi connectivity index (χ2n) is 6.42. The van der Waals surface area contributed by atoms with Crippen molar-refractivity contribution >= 4 is 5.91 Å². The molecule has 1 heterocycles. The molecular weight excluding hydrogens is 346 g/mol. The maximum absolute atomic E-state index is 12.6. The fourth-order valence-electron chi connectivity index (χ4n) is 3.17. The summed E-state index contributed by atoms with van der Waals surface area (Å²) >= 11 is 0. The molecule has 0 bridgehead atoms. The van der Waals surface area contributed by atoms with E-state index in [0.29, 0.717) is 13.0 Å². The lowest BCUT2D eigenvalue weighted by Crippen LogP contribution is -2.35. The summed E-state index contributed by atoms with van der Waals surface area (Å²) in [7, 11) is 0. The van der Waals surface area contributed by atoms with Crippen LogP contribution in [0.25, 0.3) is 10.4 Å². The van der Waals surface area contributed by atoms with Crippen molar-refractivity contribution in [3.8, 4) is 11.5 Å². The van der Waals surface area contributed by atoms with Gasteiger partial charge in [0.1, 0.15) is 0 Å². The predicted molar refractivity (Wildman–Crippen MR) is 91.4 cm³/mol. The third-order valence-electron chi connectivity index (χ3n) is 4.19. The Hall–Kier alpha value is -2.54. The molecule has 1 aliphatic heterocycles. The first-order chi connectivity index (χ1) is 12.3. The van der Waals surface area contributed by atoms with Crippen LogP contribution in [0, 0.1) is 0 Å². The number of benzene rings is 1. The molecule has 1 aliphatic rings. The number of hydrogen-bond acceptors (Lipinski definition) is 4. The molecule has 0 radical (unpaired) electrons. The third-order valence-corrected chi connectivity index (χ3v) is 4.19. The number of hydrogen-bond donors (Lipinski definition) is 0. The standard InChI is InChI=1S/C17H22F2N4O3/c1-10(2)25-16-7-12(4-5-15(16)26-17(18)19)13-6-14(8-21-22-20)23(9-13)11(3)24/h4-5,7,10,13-14,17H,6,8-9H2,1-3H3/t13?,14-/m1/s1. The quantitative estimate of drug-likeness (QED) is 0.412. The Labute approximate surface area is 150 Å². The number of carbonyl (C=O) groups excluding carboxylic acids is 1. The Bertz CT molecular complexity index is 693. The minimum Gasteiger partial charge on any atom is -0.487 e. The fraction of sp³-hybridized carbons (Fsp3) is 0.588. The molecule has 1 saturated heterocycles. The maximum atomic E-state index is 12.6. The van der Waals surface area contributed by atoms with E-state index in [1.165, 1.54) is 13.0 Å². The second kappa shape index (κ2) is 8.71. The zero-order chi connectivity index (χ0) is 19.3. The molecule has 1 aromatic rings. The molecule has 7 nitrogen and oxygen atoms in total. The van der Waals surface area contributed by atoms with Gasteiger partial charge in [-0.1, -0.05) is 11.2 Å². The van der Waals surface area contributed by atoms with Crippen LogP contribution < -0.4 is 9.47 Å². The minimum atomic E-state index is -2.94. The van der Waals surface area contributed by atoms with E-state index < -0.39 is 6.61 Å². The molecule has 1 amide bonds. The normalized spacial score (nSPS) is 19.6. The molecule has 2 atom stereocenters. The van der Waals surface area contributed by atoms with E-state index in [2.05, 4.69) is 14.8 Å². The van der Waals surface area contributed by atoms with Gasteiger partial charge in [0.15, 0.2) is 11.5 Å². The topological polar surface area (TPSA) is 87.5 Å². The highest BCUT2D eigenvalue weighted by Crippen LogP contribution is 2.37. The lowest BCUT2D eigenvalue weighted by Gasteiger charge is -2.21. The van der Waals surface area contributed by atoms with Crippen LogP contribution in [-0.4, -0.2) is 42.7 Å². The van der Waals surface area contributed by atoms with Crippen LogP contribution in [0.2, 0.25) is 0 Å². The Morgan fingerprint density at radius 2 is 2.12 bits per heavy atom. The van der Waals surface area contributed by atoms with Crippen molar-refractivity contribution in [2.75, 3.05) is 13.1 Å². The van der Waals surface area contributed by atoms with Crippen molar-refractivity contribution in [2.45, 2.75) is 51.9 Å². The van der Waals surface area contributed by atoms with Crippen LogP contribution in [0.15, 0.2) is 23.3 Å². The van der Waals surface area contributed by atoms with Crippen molar-refractivity contribution < 1.29 is 23.0 Å². The molecule has 0 aliphatic carbocycles. The highest BCUT2D eigenvalue weighted by molar-refractivity contribution is 5.74. The van der Waals surface area contributed by atoms with Crippen LogP contribution in [0.4, 0.5) is 8.78 Å². The molecule has 2 rings (SSSR count). The lowest BCUT2D eigenvalue weighted by molar-refractivity contribution is -0.129. The molecule has 0 saturated carbocycles. The maximum Gasteiger partial charge on any atom is 0.387 e. The highest BCUT2D eigenvalue weighted by atomic mass is 19.3. The van der Waals surface area contributed by atoms with Gasteiger partial charge < -0.3 is 14.4 Å². The van der Waals surface area contributed by atoms with Crippen molar-refractivity contribution in [3.63, 3.8) is 0 Å². The van der Waals surface area contributed by atoms with Gasteiger partial charge in [0.25, 0.3) is 0 Å². The monoisotopic (exact) mass is 368 g/mol. The average molecular weight is 368 g/mol. The van der Waals surface area contributed by atoms with Crippen molar-refractivity contribution in [1.82, 2.24) is 4.90 Å². The number of carbonyl (C=O) groups is 1. The molecule has 0 N–H and O–H groups in total. The number of nitrogens with zero attached hydrogens (tertiary/aromatic N) is 4. The number of rotatable bonds is 7.